The predicted molar refractivity (Wildman–Crippen MR) is 110 cm³/mol. The van der Waals surface area contributed by atoms with Gasteiger partial charge in [0.15, 0.2) is 4.60 Å². The third kappa shape index (κ3) is 3.83. The molecular weight excluding hydrogens is 430 g/mol. The zero-order chi connectivity index (χ0) is 19.0. The van der Waals surface area contributed by atoms with Crippen molar-refractivity contribution in [3.05, 3.63) is 27.9 Å². The summed E-state index contributed by atoms with van der Waals surface area (Å²) >= 11 is 4.74. The Kier molecular flexibility index (Phi) is 5.11. The number of nitrogens with zero attached hydrogens (tertiary/aromatic N) is 4. The standard InChI is InChI=1S/C17H20BrN7OS/c1-25-7-12(15(18)24-25)22-16(26)9-8-27-17-14(9)23-13(6-20-17)21-11-5-3-2-4-10(11)19/h6-8,10-11H,2-5,19H2,1H3,(H,21,23)(H,22,26)/t10-,11+/m0/s1. The van der Waals surface area contributed by atoms with Crippen molar-refractivity contribution in [2.24, 2.45) is 12.8 Å². The minimum Gasteiger partial charge on any atom is -0.364 e. The lowest BCUT2D eigenvalue weighted by molar-refractivity contribution is 0.102. The van der Waals surface area contributed by atoms with Gasteiger partial charge in [0, 0.05) is 30.7 Å². The third-order valence-corrected chi connectivity index (χ3v) is 6.17. The van der Waals surface area contributed by atoms with Crippen molar-refractivity contribution in [2.45, 2.75) is 37.8 Å². The molecule has 3 aromatic rings. The predicted octanol–water partition coefficient (Wildman–Crippen LogP) is 3.12. The number of aromatic nitrogens is 4. The van der Waals surface area contributed by atoms with Gasteiger partial charge < -0.3 is 16.4 Å². The molecule has 27 heavy (non-hydrogen) atoms. The van der Waals surface area contributed by atoms with Crippen LogP contribution in [0.1, 0.15) is 36.0 Å². The van der Waals surface area contributed by atoms with Crippen molar-refractivity contribution in [1.82, 2.24) is 19.7 Å². The second-order valence-electron chi connectivity index (χ2n) is 6.72. The van der Waals surface area contributed by atoms with Crippen LogP contribution < -0.4 is 16.4 Å². The summed E-state index contributed by atoms with van der Waals surface area (Å²) in [5.74, 6) is 0.413. The fourth-order valence-corrected chi connectivity index (χ4v) is 4.59. The van der Waals surface area contributed by atoms with Crippen molar-refractivity contribution < 1.29 is 4.79 Å². The van der Waals surface area contributed by atoms with Crippen LogP contribution in [0.2, 0.25) is 0 Å². The molecule has 0 unspecified atom stereocenters. The zero-order valence-corrected chi connectivity index (χ0v) is 17.2. The van der Waals surface area contributed by atoms with Crippen LogP contribution >= 0.6 is 27.3 Å². The van der Waals surface area contributed by atoms with E-state index in [4.69, 9.17) is 5.73 Å². The summed E-state index contributed by atoms with van der Waals surface area (Å²) in [6.45, 7) is 0. The molecule has 142 valence electrons. The van der Waals surface area contributed by atoms with Crippen molar-refractivity contribution in [2.75, 3.05) is 10.6 Å². The lowest BCUT2D eigenvalue weighted by Gasteiger charge is -2.29. The molecule has 3 heterocycles. The minimum absolute atomic E-state index is 0.115. The molecule has 1 aliphatic carbocycles. The molecular formula is C17H20BrN7OS. The van der Waals surface area contributed by atoms with Gasteiger partial charge in [0.2, 0.25) is 0 Å². The first-order valence-electron chi connectivity index (χ1n) is 8.78. The fourth-order valence-electron chi connectivity index (χ4n) is 3.30. The number of carbonyl (C=O) groups excluding carboxylic acids is 1. The summed E-state index contributed by atoms with van der Waals surface area (Å²) in [5, 5.41) is 12.2. The topological polar surface area (TPSA) is 111 Å². The van der Waals surface area contributed by atoms with Crippen LogP contribution in [0.5, 0.6) is 0 Å². The highest BCUT2D eigenvalue weighted by Crippen LogP contribution is 2.27. The van der Waals surface area contributed by atoms with E-state index in [1.807, 2.05) is 0 Å². The van der Waals surface area contributed by atoms with Crippen molar-refractivity contribution in [3.8, 4) is 0 Å². The van der Waals surface area contributed by atoms with Gasteiger partial charge in [0.05, 0.1) is 17.4 Å². The van der Waals surface area contributed by atoms with Crippen LogP contribution in [0.4, 0.5) is 11.5 Å². The van der Waals surface area contributed by atoms with Crippen LogP contribution in [-0.2, 0) is 7.05 Å². The van der Waals surface area contributed by atoms with Gasteiger partial charge in [0.1, 0.15) is 16.2 Å². The van der Waals surface area contributed by atoms with Crippen LogP contribution in [0.15, 0.2) is 22.4 Å². The quantitative estimate of drug-likeness (QED) is 0.564. The maximum absolute atomic E-state index is 12.7. The third-order valence-electron chi connectivity index (χ3n) is 4.71. The monoisotopic (exact) mass is 449 g/mol. The van der Waals surface area contributed by atoms with E-state index in [9.17, 15) is 4.79 Å². The number of aryl methyl sites for hydroxylation is 1. The summed E-state index contributed by atoms with van der Waals surface area (Å²) in [7, 11) is 1.79. The van der Waals surface area contributed by atoms with Gasteiger partial charge in [-0.3, -0.25) is 9.48 Å². The van der Waals surface area contributed by atoms with Gasteiger partial charge in [0.25, 0.3) is 5.91 Å². The van der Waals surface area contributed by atoms with Crippen molar-refractivity contribution in [1.29, 1.82) is 0 Å². The van der Waals surface area contributed by atoms with E-state index in [1.165, 1.54) is 17.8 Å². The van der Waals surface area contributed by atoms with Crippen molar-refractivity contribution >= 4 is 55.0 Å². The molecule has 10 heteroatoms. The fraction of sp³-hybridized carbons (Fsp3) is 0.412. The number of rotatable bonds is 4. The highest BCUT2D eigenvalue weighted by Gasteiger charge is 2.23. The van der Waals surface area contributed by atoms with Gasteiger partial charge in [-0.05, 0) is 28.8 Å². The molecule has 0 spiro atoms. The number of fused-ring (bicyclic) bond motifs is 1. The average Bonchev–Trinajstić information content (AvgIpc) is 3.19. The highest BCUT2D eigenvalue weighted by molar-refractivity contribution is 9.10. The molecule has 0 aliphatic heterocycles. The Labute approximate surface area is 168 Å². The summed E-state index contributed by atoms with van der Waals surface area (Å²) in [6.07, 6.45) is 7.81. The van der Waals surface area contributed by atoms with E-state index >= 15 is 0 Å². The van der Waals surface area contributed by atoms with Gasteiger partial charge >= 0.3 is 0 Å². The van der Waals surface area contributed by atoms with E-state index in [2.05, 4.69) is 41.6 Å². The number of thiophene rings is 1. The number of amides is 1. The first-order chi connectivity index (χ1) is 13.0. The van der Waals surface area contributed by atoms with E-state index in [0.29, 0.717) is 27.2 Å². The number of anilines is 2. The number of halogens is 1. The molecule has 0 bridgehead atoms. The molecule has 0 saturated heterocycles. The summed E-state index contributed by atoms with van der Waals surface area (Å²) in [4.78, 5) is 22.6. The Bertz CT molecular complexity index is 985. The number of hydrogen-bond acceptors (Lipinski definition) is 7. The minimum atomic E-state index is -0.240. The molecule has 2 atom stereocenters. The molecule has 3 aromatic heterocycles. The van der Waals surface area contributed by atoms with Crippen LogP contribution in [0, 0.1) is 0 Å². The van der Waals surface area contributed by atoms with Gasteiger partial charge in [-0.1, -0.05) is 12.8 Å². The Morgan fingerprint density at radius 3 is 2.96 bits per heavy atom. The normalized spacial score (nSPS) is 20.0. The van der Waals surface area contributed by atoms with Gasteiger partial charge in [-0.15, -0.1) is 11.3 Å². The number of nitrogens with two attached hydrogens (primary N) is 1. The molecule has 4 N–H and O–H groups in total. The molecule has 1 saturated carbocycles. The second-order valence-corrected chi connectivity index (χ2v) is 8.33. The molecule has 1 aliphatic rings. The number of nitrogens with one attached hydrogen (secondary N) is 2. The number of carbonyl (C=O) groups is 1. The van der Waals surface area contributed by atoms with E-state index in [1.54, 1.807) is 29.5 Å². The average molecular weight is 450 g/mol. The maximum atomic E-state index is 12.7. The van der Waals surface area contributed by atoms with Crippen LogP contribution in [0.25, 0.3) is 10.3 Å². The lowest BCUT2D eigenvalue weighted by Crippen LogP contribution is -2.42. The van der Waals surface area contributed by atoms with Gasteiger partial charge in [-0.25, -0.2) is 9.97 Å². The Hall–Kier alpha value is -2.04. The Morgan fingerprint density at radius 1 is 1.41 bits per heavy atom. The first kappa shape index (κ1) is 18.3. The molecule has 8 nitrogen and oxygen atoms in total. The SMILES string of the molecule is Cn1cc(NC(=O)c2csc3ncc(N[C@@H]4CCCC[C@@H]4N)nc23)c(Br)n1. The Balaban J connectivity index is 1.58. The molecule has 0 aromatic carbocycles. The molecule has 4 rings (SSSR count). The smallest absolute Gasteiger partial charge is 0.258 e. The maximum Gasteiger partial charge on any atom is 0.258 e. The van der Waals surface area contributed by atoms with Crippen LogP contribution in [-0.4, -0.2) is 37.7 Å². The highest BCUT2D eigenvalue weighted by atomic mass is 79.9. The lowest BCUT2D eigenvalue weighted by atomic mass is 9.91. The van der Waals surface area contributed by atoms with Gasteiger partial charge in [-0.2, -0.15) is 5.10 Å². The van der Waals surface area contributed by atoms with E-state index in [-0.39, 0.29) is 18.0 Å². The van der Waals surface area contributed by atoms with E-state index in [0.717, 1.165) is 24.1 Å². The summed E-state index contributed by atoms with van der Waals surface area (Å²) in [6, 6.07) is 0.303. The molecule has 1 fully saturated rings. The summed E-state index contributed by atoms with van der Waals surface area (Å²) in [5.41, 5.74) is 7.91. The molecule has 0 radical (unpaired) electrons. The van der Waals surface area contributed by atoms with Crippen LogP contribution in [0.3, 0.4) is 0 Å². The number of hydrogen-bond donors (Lipinski definition) is 3. The first-order valence-corrected chi connectivity index (χ1v) is 10.5. The molecule has 1 amide bonds. The zero-order valence-electron chi connectivity index (χ0n) is 14.8. The van der Waals surface area contributed by atoms with E-state index < -0.39 is 0 Å². The second kappa shape index (κ2) is 7.53. The largest absolute Gasteiger partial charge is 0.364 e. The van der Waals surface area contributed by atoms with Crippen molar-refractivity contribution in [3.63, 3.8) is 0 Å². The Morgan fingerprint density at radius 2 is 2.22 bits per heavy atom. The summed E-state index contributed by atoms with van der Waals surface area (Å²) < 4.78 is 2.21.